The van der Waals surface area contributed by atoms with Crippen LogP contribution in [0.3, 0.4) is 0 Å². The lowest BCUT2D eigenvalue weighted by Gasteiger charge is -2.27. The third-order valence-corrected chi connectivity index (χ3v) is 5.04. The van der Waals surface area contributed by atoms with E-state index in [1.807, 2.05) is 0 Å². The van der Waals surface area contributed by atoms with Crippen molar-refractivity contribution in [3.05, 3.63) is 57.7 Å². The number of aryl methyl sites for hydroxylation is 1. The van der Waals surface area contributed by atoms with E-state index in [1.54, 1.807) is 0 Å². The Morgan fingerprint density at radius 3 is 2.59 bits per heavy atom. The van der Waals surface area contributed by atoms with Crippen molar-refractivity contribution < 1.29 is 27.5 Å². The van der Waals surface area contributed by atoms with Gasteiger partial charge in [-0.05, 0) is 36.5 Å². The maximum Gasteiger partial charge on any atom is 0.435 e. The molecule has 1 saturated heterocycles. The fourth-order valence-electron chi connectivity index (χ4n) is 2.78. The highest BCUT2D eigenvalue weighted by Crippen LogP contribution is 2.40. The summed E-state index contributed by atoms with van der Waals surface area (Å²) in [5, 5.41) is 5.85. The number of rotatable bonds is 5. The summed E-state index contributed by atoms with van der Waals surface area (Å²) in [6, 6.07) is 4.11. The molecule has 1 fully saturated rings. The maximum atomic E-state index is 13.7. The first-order chi connectivity index (χ1) is 14.9. The molecule has 1 aromatic carbocycles. The molecule has 0 radical (unpaired) electrons. The van der Waals surface area contributed by atoms with E-state index in [0.29, 0.717) is 0 Å². The number of ether oxygens (including phenoxy) is 1. The molecule has 0 saturated carbocycles. The van der Waals surface area contributed by atoms with E-state index in [-0.39, 0.29) is 27.5 Å². The van der Waals surface area contributed by atoms with Crippen molar-refractivity contribution >= 4 is 58.4 Å². The second kappa shape index (κ2) is 8.93. The molecule has 13 heteroatoms. The number of carbonyl (C=O) groups excluding carboxylic acids is 2. The van der Waals surface area contributed by atoms with Gasteiger partial charge in [0, 0.05) is 18.6 Å². The number of hydrogen-bond acceptors (Lipinski definition) is 5. The molecule has 1 aliphatic heterocycles. The Bertz CT molecular complexity index is 1180. The minimum Gasteiger partial charge on any atom is -0.437 e. The standard InChI is InChI=1S/C19H13Cl2F3N4O3S/c1-3-6-28-16(30)11(15(29)25-18(28)32)8-10-14(19(22,23)24)26-27(2)17(10)31-13-5-4-9(20)7-12(13)21/h3-5,7-8H,1,6H2,2H3,(H,25,29,32). The molecule has 0 bridgehead atoms. The van der Waals surface area contributed by atoms with E-state index >= 15 is 0 Å². The average molecular weight is 505 g/mol. The van der Waals surface area contributed by atoms with Gasteiger partial charge in [0.15, 0.2) is 10.8 Å². The summed E-state index contributed by atoms with van der Waals surface area (Å²) in [4.78, 5) is 26.1. The van der Waals surface area contributed by atoms with Crippen LogP contribution in [0.15, 0.2) is 36.4 Å². The van der Waals surface area contributed by atoms with Crippen molar-refractivity contribution in [3.63, 3.8) is 0 Å². The lowest BCUT2D eigenvalue weighted by atomic mass is 10.1. The molecule has 168 valence electrons. The van der Waals surface area contributed by atoms with Gasteiger partial charge in [-0.25, -0.2) is 4.68 Å². The van der Waals surface area contributed by atoms with Crippen LogP contribution in [0.25, 0.3) is 6.08 Å². The summed E-state index contributed by atoms with van der Waals surface area (Å²) < 4.78 is 47.5. The second-order valence-electron chi connectivity index (χ2n) is 6.39. The monoisotopic (exact) mass is 504 g/mol. The number of halogens is 5. The number of benzene rings is 1. The largest absolute Gasteiger partial charge is 0.437 e. The Morgan fingerprint density at radius 1 is 1.31 bits per heavy atom. The minimum absolute atomic E-state index is 0.0127. The SMILES string of the molecule is C=CCN1C(=O)C(=Cc2c(C(F)(F)F)nn(C)c2Oc2ccc(Cl)cc2Cl)C(=O)NC1=S. The number of carbonyl (C=O) groups is 2. The van der Waals surface area contributed by atoms with E-state index in [1.165, 1.54) is 31.3 Å². The van der Waals surface area contributed by atoms with Gasteiger partial charge in [0.2, 0.25) is 5.88 Å². The molecule has 2 amide bonds. The van der Waals surface area contributed by atoms with Gasteiger partial charge in [0.25, 0.3) is 11.8 Å². The van der Waals surface area contributed by atoms with E-state index in [4.69, 9.17) is 40.2 Å². The Morgan fingerprint density at radius 2 is 2.00 bits per heavy atom. The van der Waals surface area contributed by atoms with Crippen molar-refractivity contribution in [3.8, 4) is 11.6 Å². The first-order valence-electron chi connectivity index (χ1n) is 8.71. The normalized spacial score (nSPS) is 15.9. The molecule has 2 heterocycles. The number of nitrogens with zero attached hydrogens (tertiary/aromatic N) is 3. The number of nitrogens with one attached hydrogen (secondary N) is 1. The van der Waals surface area contributed by atoms with Crippen LogP contribution in [-0.4, -0.2) is 38.2 Å². The van der Waals surface area contributed by atoms with E-state index in [2.05, 4.69) is 17.0 Å². The summed E-state index contributed by atoms with van der Waals surface area (Å²) in [5.41, 5.74) is -2.60. The van der Waals surface area contributed by atoms with Gasteiger partial charge in [-0.1, -0.05) is 29.3 Å². The molecule has 7 nitrogen and oxygen atoms in total. The van der Waals surface area contributed by atoms with Gasteiger partial charge in [0.1, 0.15) is 11.3 Å². The molecule has 3 rings (SSSR count). The van der Waals surface area contributed by atoms with Gasteiger partial charge in [0.05, 0.1) is 10.6 Å². The fraction of sp³-hybridized carbons (Fsp3) is 0.158. The first kappa shape index (κ1) is 23.8. The van der Waals surface area contributed by atoms with E-state index in [0.717, 1.165) is 15.7 Å². The zero-order valence-corrected chi connectivity index (χ0v) is 18.5. The Balaban J connectivity index is 2.17. The Hall–Kier alpha value is -2.89. The lowest BCUT2D eigenvalue weighted by molar-refractivity contribution is -0.141. The summed E-state index contributed by atoms with van der Waals surface area (Å²) in [5.74, 6) is -2.28. The minimum atomic E-state index is -4.92. The first-order valence-corrected chi connectivity index (χ1v) is 9.87. The molecule has 1 aromatic heterocycles. The summed E-state index contributed by atoms with van der Waals surface area (Å²) in [7, 11) is 1.21. The summed E-state index contributed by atoms with van der Waals surface area (Å²) in [6.07, 6.45) is -2.81. The molecule has 0 spiro atoms. The van der Waals surface area contributed by atoms with Crippen molar-refractivity contribution in [1.29, 1.82) is 0 Å². The number of amides is 2. The van der Waals surface area contributed by atoms with Crippen LogP contribution in [-0.2, 0) is 22.8 Å². The molecule has 0 unspecified atom stereocenters. The van der Waals surface area contributed by atoms with Crippen molar-refractivity contribution in [2.45, 2.75) is 6.18 Å². The van der Waals surface area contributed by atoms with E-state index in [9.17, 15) is 22.8 Å². The molecule has 1 N–H and O–H groups in total. The van der Waals surface area contributed by atoms with Crippen LogP contribution >= 0.6 is 35.4 Å². The predicted molar refractivity (Wildman–Crippen MR) is 115 cm³/mol. The zero-order valence-electron chi connectivity index (χ0n) is 16.2. The van der Waals surface area contributed by atoms with Crippen LogP contribution in [0.2, 0.25) is 10.0 Å². The molecular formula is C19H13Cl2F3N4O3S. The van der Waals surface area contributed by atoms with Crippen molar-refractivity contribution in [2.75, 3.05) is 6.54 Å². The van der Waals surface area contributed by atoms with Crippen LogP contribution in [0, 0.1) is 0 Å². The van der Waals surface area contributed by atoms with Crippen molar-refractivity contribution in [2.24, 2.45) is 7.05 Å². The summed E-state index contributed by atoms with van der Waals surface area (Å²) in [6.45, 7) is 3.43. The smallest absolute Gasteiger partial charge is 0.435 e. The second-order valence-corrected chi connectivity index (χ2v) is 7.62. The van der Waals surface area contributed by atoms with Crippen LogP contribution in [0.5, 0.6) is 11.6 Å². The van der Waals surface area contributed by atoms with Gasteiger partial charge in [-0.3, -0.25) is 19.8 Å². The van der Waals surface area contributed by atoms with Gasteiger partial charge < -0.3 is 4.74 Å². The number of aromatic nitrogens is 2. The predicted octanol–water partition coefficient (Wildman–Crippen LogP) is 4.35. The topological polar surface area (TPSA) is 76.5 Å². The van der Waals surface area contributed by atoms with Crippen molar-refractivity contribution in [1.82, 2.24) is 20.0 Å². The third-order valence-electron chi connectivity index (χ3n) is 4.18. The van der Waals surface area contributed by atoms with E-state index < -0.39 is 40.7 Å². The van der Waals surface area contributed by atoms with Crippen LogP contribution < -0.4 is 10.1 Å². The number of hydrogen-bond donors (Lipinski definition) is 1. The highest BCUT2D eigenvalue weighted by molar-refractivity contribution is 7.80. The van der Waals surface area contributed by atoms with Gasteiger partial charge in [-0.15, -0.1) is 6.58 Å². The molecule has 0 aliphatic carbocycles. The quantitative estimate of drug-likeness (QED) is 0.283. The fourth-order valence-corrected chi connectivity index (χ4v) is 3.48. The highest BCUT2D eigenvalue weighted by Gasteiger charge is 2.41. The Labute approximate surface area is 195 Å². The molecule has 2 aromatic rings. The summed E-state index contributed by atoms with van der Waals surface area (Å²) >= 11 is 16.8. The average Bonchev–Trinajstić information content (AvgIpc) is 3.00. The highest BCUT2D eigenvalue weighted by atomic mass is 35.5. The molecular weight excluding hydrogens is 492 g/mol. The Kier molecular flexibility index (Phi) is 6.63. The number of thiocarbonyl (C=S) groups is 1. The zero-order chi connectivity index (χ0) is 23.8. The molecule has 1 aliphatic rings. The van der Waals surface area contributed by atoms with Gasteiger partial charge >= 0.3 is 6.18 Å². The van der Waals surface area contributed by atoms with Crippen LogP contribution in [0.4, 0.5) is 13.2 Å². The molecule has 0 atom stereocenters. The number of alkyl halides is 3. The third kappa shape index (κ3) is 4.64. The van der Waals surface area contributed by atoms with Crippen LogP contribution in [0.1, 0.15) is 11.3 Å². The maximum absolute atomic E-state index is 13.7. The van der Waals surface area contributed by atoms with Gasteiger partial charge in [-0.2, -0.15) is 18.3 Å². The molecule has 32 heavy (non-hydrogen) atoms. The lowest BCUT2D eigenvalue weighted by Crippen LogP contribution is -2.53.